The molecule has 0 atom stereocenters. The molecule has 2 rings (SSSR count). The monoisotopic (exact) mass is 186 g/mol. The van der Waals surface area contributed by atoms with E-state index in [9.17, 15) is 4.39 Å². The van der Waals surface area contributed by atoms with E-state index >= 15 is 0 Å². The smallest absolute Gasteiger partial charge is 0.123 e. The molecule has 14 heavy (non-hydrogen) atoms. The van der Waals surface area contributed by atoms with E-state index in [1.807, 2.05) is 37.3 Å². The lowest BCUT2D eigenvalue weighted by Crippen LogP contribution is -1.80. The van der Waals surface area contributed by atoms with Crippen LogP contribution >= 0.6 is 0 Å². The summed E-state index contributed by atoms with van der Waals surface area (Å²) in [6.45, 7) is 2.04. The minimum absolute atomic E-state index is 0.192. The second-order valence-electron chi connectivity index (χ2n) is 3.38. The topological polar surface area (TPSA) is 0 Å². The van der Waals surface area contributed by atoms with Gasteiger partial charge in [0.25, 0.3) is 0 Å². The van der Waals surface area contributed by atoms with Crippen LogP contribution in [0, 0.1) is 12.7 Å². The summed E-state index contributed by atoms with van der Waals surface area (Å²) in [4.78, 5) is 0. The second-order valence-corrected chi connectivity index (χ2v) is 3.38. The zero-order valence-corrected chi connectivity index (χ0v) is 8.00. The van der Waals surface area contributed by atoms with Crippen LogP contribution in [0.15, 0.2) is 48.5 Å². The van der Waals surface area contributed by atoms with Crippen LogP contribution in [0.5, 0.6) is 0 Å². The summed E-state index contributed by atoms with van der Waals surface area (Å²) in [5.41, 5.74) is 3.19. The van der Waals surface area contributed by atoms with E-state index < -0.39 is 0 Å². The first kappa shape index (κ1) is 8.95. The third kappa shape index (κ3) is 1.82. The average molecular weight is 186 g/mol. The molecule has 0 radical (unpaired) electrons. The highest BCUT2D eigenvalue weighted by Gasteiger charge is 1.97. The fraction of sp³-hybridized carbons (Fsp3) is 0.0769. The zero-order valence-electron chi connectivity index (χ0n) is 8.00. The maximum atomic E-state index is 12.9. The van der Waals surface area contributed by atoms with Crippen molar-refractivity contribution < 1.29 is 4.39 Å². The molecule has 70 valence electrons. The van der Waals surface area contributed by atoms with Gasteiger partial charge < -0.3 is 0 Å². The third-order valence-corrected chi connectivity index (χ3v) is 2.21. The Balaban J connectivity index is 2.44. The molecule has 2 aromatic carbocycles. The molecule has 0 unspecified atom stereocenters. The molecule has 0 fully saturated rings. The molecular formula is C13H11F. The number of benzene rings is 2. The highest BCUT2D eigenvalue weighted by atomic mass is 19.1. The van der Waals surface area contributed by atoms with Crippen LogP contribution in [-0.4, -0.2) is 0 Å². The summed E-state index contributed by atoms with van der Waals surface area (Å²) in [5, 5.41) is 0. The van der Waals surface area contributed by atoms with E-state index in [-0.39, 0.29) is 5.82 Å². The molecule has 0 amide bonds. The zero-order chi connectivity index (χ0) is 9.97. The van der Waals surface area contributed by atoms with Crippen LogP contribution < -0.4 is 0 Å². The van der Waals surface area contributed by atoms with Crippen molar-refractivity contribution in [1.29, 1.82) is 0 Å². The Labute approximate surface area is 83.0 Å². The van der Waals surface area contributed by atoms with Gasteiger partial charge in [0.05, 0.1) is 0 Å². The van der Waals surface area contributed by atoms with Crippen molar-refractivity contribution in [3.63, 3.8) is 0 Å². The molecule has 0 N–H and O–H groups in total. The van der Waals surface area contributed by atoms with Crippen molar-refractivity contribution in [3.8, 4) is 11.1 Å². The number of hydrogen-bond donors (Lipinski definition) is 0. The number of hydrogen-bond acceptors (Lipinski definition) is 0. The molecule has 0 spiro atoms. The predicted octanol–water partition coefficient (Wildman–Crippen LogP) is 3.80. The number of aryl methyl sites for hydroxylation is 1. The van der Waals surface area contributed by atoms with Crippen LogP contribution in [0.4, 0.5) is 4.39 Å². The van der Waals surface area contributed by atoms with Gasteiger partial charge in [-0.1, -0.05) is 42.0 Å². The van der Waals surface area contributed by atoms with Gasteiger partial charge in [0.15, 0.2) is 0 Å². The molecule has 0 aliphatic carbocycles. The molecule has 0 nitrogen and oxygen atoms in total. The van der Waals surface area contributed by atoms with E-state index in [1.54, 1.807) is 12.1 Å². The summed E-state index contributed by atoms with van der Waals surface area (Å²) >= 11 is 0. The first-order chi connectivity index (χ1) is 6.75. The minimum Gasteiger partial charge on any atom is -0.207 e. The summed E-state index contributed by atoms with van der Waals surface area (Å²) in [7, 11) is 0. The number of halogens is 1. The van der Waals surface area contributed by atoms with Gasteiger partial charge in [0.1, 0.15) is 5.82 Å². The lowest BCUT2D eigenvalue weighted by molar-refractivity contribution is 0.628. The Hall–Kier alpha value is -1.63. The van der Waals surface area contributed by atoms with E-state index in [0.717, 1.165) is 11.1 Å². The maximum absolute atomic E-state index is 12.9. The van der Waals surface area contributed by atoms with Gasteiger partial charge in [-0.05, 0) is 30.2 Å². The molecular weight excluding hydrogens is 175 g/mol. The molecule has 1 heteroatoms. The molecule has 0 heterocycles. The molecule has 0 aliphatic rings. The van der Waals surface area contributed by atoms with Crippen LogP contribution in [0.25, 0.3) is 11.1 Å². The van der Waals surface area contributed by atoms with Crippen LogP contribution in [0.2, 0.25) is 0 Å². The Morgan fingerprint density at radius 3 is 2.21 bits per heavy atom. The molecule has 0 saturated carbocycles. The van der Waals surface area contributed by atoms with E-state index in [2.05, 4.69) is 0 Å². The lowest BCUT2D eigenvalue weighted by atomic mass is 10.0. The van der Waals surface area contributed by atoms with Crippen LogP contribution in [-0.2, 0) is 0 Å². The van der Waals surface area contributed by atoms with Crippen molar-refractivity contribution in [1.82, 2.24) is 0 Å². The lowest BCUT2D eigenvalue weighted by Gasteiger charge is -2.01. The van der Waals surface area contributed by atoms with Gasteiger partial charge in [-0.15, -0.1) is 0 Å². The normalized spacial score (nSPS) is 10.1. The van der Waals surface area contributed by atoms with E-state index in [1.165, 1.54) is 11.6 Å². The molecule has 0 aliphatic heterocycles. The van der Waals surface area contributed by atoms with Gasteiger partial charge in [-0.3, -0.25) is 0 Å². The Morgan fingerprint density at radius 2 is 1.57 bits per heavy atom. The van der Waals surface area contributed by atoms with Crippen molar-refractivity contribution in [3.05, 3.63) is 59.9 Å². The standard InChI is InChI=1S/C13H11F/c1-10-5-7-11(8-6-10)12-3-2-4-13(14)9-12/h2-9H,1H3. The van der Waals surface area contributed by atoms with Gasteiger partial charge in [-0.25, -0.2) is 4.39 Å². The van der Waals surface area contributed by atoms with Gasteiger partial charge in [-0.2, -0.15) is 0 Å². The molecule has 2 aromatic rings. The summed E-state index contributed by atoms with van der Waals surface area (Å²) in [5.74, 6) is -0.192. The van der Waals surface area contributed by atoms with E-state index in [4.69, 9.17) is 0 Å². The Kier molecular flexibility index (Phi) is 2.32. The number of rotatable bonds is 1. The summed E-state index contributed by atoms with van der Waals surface area (Å²) in [6, 6.07) is 14.7. The van der Waals surface area contributed by atoms with Crippen molar-refractivity contribution >= 4 is 0 Å². The summed E-state index contributed by atoms with van der Waals surface area (Å²) < 4.78 is 12.9. The fourth-order valence-electron chi connectivity index (χ4n) is 1.41. The average Bonchev–Trinajstić information content (AvgIpc) is 2.19. The molecule has 0 aromatic heterocycles. The second kappa shape index (κ2) is 3.62. The highest BCUT2D eigenvalue weighted by Crippen LogP contribution is 2.20. The molecule has 0 bridgehead atoms. The summed E-state index contributed by atoms with van der Waals surface area (Å²) in [6.07, 6.45) is 0. The third-order valence-electron chi connectivity index (χ3n) is 2.21. The molecule has 0 saturated heterocycles. The quantitative estimate of drug-likeness (QED) is 0.635. The predicted molar refractivity (Wildman–Crippen MR) is 56.6 cm³/mol. The van der Waals surface area contributed by atoms with Crippen LogP contribution in [0.1, 0.15) is 5.56 Å². The fourth-order valence-corrected chi connectivity index (χ4v) is 1.41. The Morgan fingerprint density at radius 1 is 0.857 bits per heavy atom. The van der Waals surface area contributed by atoms with Crippen molar-refractivity contribution in [2.75, 3.05) is 0 Å². The minimum atomic E-state index is -0.192. The highest BCUT2D eigenvalue weighted by molar-refractivity contribution is 5.63. The Bertz CT molecular complexity index is 429. The van der Waals surface area contributed by atoms with E-state index in [0.29, 0.717) is 0 Å². The van der Waals surface area contributed by atoms with Gasteiger partial charge in [0, 0.05) is 0 Å². The largest absolute Gasteiger partial charge is 0.207 e. The maximum Gasteiger partial charge on any atom is 0.123 e. The SMILES string of the molecule is Cc1ccc(-c2cccc(F)c2)cc1. The van der Waals surface area contributed by atoms with Crippen LogP contribution in [0.3, 0.4) is 0 Å². The van der Waals surface area contributed by atoms with Gasteiger partial charge >= 0.3 is 0 Å². The first-order valence-electron chi connectivity index (χ1n) is 4.58. The first-order valence-corrected chi connectivity index (χ1v) is 4.58. The van der Waals surface area contributed by atoms with Crippen molar-refractivity contribution in [2.24, 2.45) is 0 Å². The van der Waals surface area contributed by atoms with Crippen molar-refractivity contribution in [2.45, 2.75) is 6.92 Å². The van der Waals surface area contributed by atoms with Gasteiger partial charge in [0.2, 0.25) is 0 Å².